The Kier molecular flexibility index (Phi) is 7.26. The number of nitrogens with one attached hydrogen (secondary N) is 1. The van der Waals surface area contributed by atoms with E-state index in [9.17, 15) is 22.0 Å². The molecule has 1 aromatic carbocycles. The van der Waals surface area contributed by atoms with Crippen molar-refractivity contribution in [2.75, 3.05) is 48.6 Å². The third-order valence-electron chi connectivity index (χ3n) is 6.34. The molecular formula is C22H29ClF2N6O3S. The highest BCUT2D eigenvalue weighted by Gasteiger charge is 2.34. The van der Waals surface area contributed by atoms with Gasteiger partial charge in [0.05, 0.1) is 17.0 Å². The number of piperidine rings is 1. The van der Waals surface area contributed by atoms with Crippen molar-refractivity contribution >= 4 is 39.2 Å². The number of piperazine rings is 1. The molecule has 9 nitrogen and oxygen atoms in total. The number of benzene rings is 1. The van der Waals surface area contributed by atoms with Gasteiger partial charge in [-0.2, -0.15) is 4.68 Å². The maximum Gasteiger partial charge on any atom is 0.344 e. The summed E-state index contributed by atoms with van der Waals surface area (Å²) in [5.74, 6) is -2.53. The molecule has 0 spiro atoms. The number of halogens is 3. The van der Waals surface area contributed by atoms with Gasteiger partial charge in [-0.1, -0.05) is 17.7 Å². The van der Waals surface area contributed by atoms with Gasteiger partial charge in [0, 0.05) is 70.4 Å². The normalized spacial score (nSPS) is 21.2. The summed E-state index contributed by atoms with van der Waals surface area (Å²) in [5.41, 5.74) is 1.80. The average Bonchev–Trinajstić information content (AvgIpc) is 3.23. The van der Waals surface area contributed by atoms with Gasteiger partial charge in [-0.3, -0.25) is 9.62 Å². The molecule has 1 aromatic heterocycles. The molecule has 2 aromatic rings. The Morgan fingerprint density at radius 2 is 1.91 bits per heavy atom. The van der Waals surface area contributed by atoms with Gasteiger partial charge in [0.2, 0.25) is 10.0 Å². The summed E-state index contributed by atoms with van der Waals surface area (Å²) in [6.45, 7) is 4.81. The molecule has 0 unspecified atom stereocenters. The monoisotopic (exact) mass is 530 g/mol. The van der Waals surface area contributed by atoms with Crippen LogP contribution in [0, 0.1) is 0 Å². The minimum absolute atomic E-state index is 0.0599. The van der Waals surface area contributed by atoms with Crippen LogP contribution in [0.1, 0.15) is 25.3 Å². The summed E-state index contributed by atoms with van der Waals surface area (Å²) in [4.78, 5) is 18.7. The van der Waals surface area contributed by atoms with Crippen molar-refractivity contribution in [3.63, 3.8) is 0 Å². The number of hydrogen-bond acceptors (Lipinski definition) is 6. The molecule has 4 rings (SSSR count). The van der Waals surface area contributed by atoms with Crippen LogP contribution in [-0.4, -0.2) is 85.0 Å². The molecule has 35 heavy (non-hydrogen) atoms. The summed E-state index contributed by atoms with van der Waals surface area (Å²) >= 11 is 6.39. The summed E-state index contributed by atoms with van der Waals surface area (Å²) in [5, 5.41) is 4.56. The third kappa shape index (κ3) is 6.42. The Bertz CT molecular complexity index is 1180. The van der Waals surface area contributed by atoms with E-state index >= 15 is 0 Å². The lowest BCUT2D eigenvalue weighted by atomic mass is 10.0. The van der Waals surface area contributed by atoms with Gasteiger partial charge in [0.1, 0.15) is 0 Å². The van der Waals surface area contributed by atoms with Crippen molar-refractivity contribution in [3.8, 4) is 0 Å². The van der Waals surface area contributed by atoms with Crippen LogP contribution in [0.3, 0.4) is 0 Å². The van der Waals surface area contributed by atoms with Crippen LogP contribution in [0.4, 0.5) is 25.1 Å². The maximum absolute atomic E-state index is 13.6. The highest BCUT2D eigenvalue weighted by molar-refractivity contribution is 7.92. The first-order valence-electron chi connectivity index (χ1n) is 11.4. The van der Waals surface area contributed by atoms with E-state index in [4.69, 9.17) is 11.6 Å². The van der Waals surface area contributed by atoms with Crippen LogP contribution >= 0.6 is 11.6 Å². The molecule has 1 N–H and O–H groups in total. The molecule has 3 heterocycles. The van der Waals surface area contributed by atoms with E-state index in [1.807, 2.05) is 30.0 Å². The van der Waals surface area contributed by atoms with Gasteiger partial charge >= 0.3 is 6.03 Å². The first-order chi connectivity index (χ1) is 16.4. The number of rotatable bonds is 5. The average molecular weight is 531 g/mol. The minimum Gasteiger partial charge on any atom is -0.370 e. The van der Waals surface area contributed by atoms with Gasteiger partial charge in [-0.15, -0.1) is 5.10 Å². The molecule has 1 atom stereocenters. The number of carbonyl (C=O) groups is 1. The van der Waals surface area contributed by atoms with Crippen molar-refractivity contribution in [3.05, 3.63) is 41.0 Å². The number of aromatic nitrogens is 2. The van der Waals surface area contributed by atoms with Crippen LogP contribution < -0.4 is 9.62 Å². The maximum atomic E-state index is 13.6. The molecule has 2 aliphatic heterocycles. The number of anilines is 2. The molecule has 2 aliphatic rings. The third-order valence-corrected chi connectivity index (χ3v) is 7.24. The highest BCUT2D eigenvalue weighted by Crippen LogP contribution is 2.34. The van der Waals surface area contributed by atoms with Crippen molar-refractivity contribution < 1.29 is 22.0 Å². The van der Waals surface area contributed by atoms with Crippen LogP contribution in [0.25, 0.3) is 0 Å². The van der Waals surface area contributed by atoms with Gasteiger partial charge < -0.3 is 9.80 Å². The lowest BCUT2D eigenvalue weighted by Crippen LogP contribution is -2.54. The predicted molar refractivity (Wildman–Crippen MR) is 131 cm³/mol. The summed E-state index contributed by atoms with van der Waals surface area (Å²) in [7, 11) is -3.48. The van der Waals surface area contributed by atoms with Crippen molar-refractivity contribution in [1.29, 1.82) is 0 Å². The topological polar surface area (TPSA) is 90.8 Å². The fraction of sp³-hybridized carbons (Fsp3) is 0.545. The second kappa shape index (κ2) is 9.90. The largest absolute Gasteiger partial charge is 0.370 e. The van der Waals surface area contributed by atoms with E-state index < -0.39 is 15.9 Å². The molecule has 0 saturated carbocycles. The van der Waals surface area contributed by atoms with Crippen molar-refractivity contribution in [2.45, 2.75) is 38.3 Å². The van der Waals surface area contributed by atoms with Crippen LogP contribution in [-0.2, 0) is 16.6 Å². The second-order valence-corrected chi connectivity index (χ2v) is 11.4. The molecule has 0 aliphatic carbocycles. The second-order valence-electron chi connectivity index (χ2n) is 9.20. The molecule has 2 fully saturated rings. The fourth-order valence-electron chi connectivity index (χ4n) is 4.43. The Hall–Kier alpha value is -2.44. The van der Waals surface area contributed by atoms with E-state index in [1.165, 1.54) is 12.3 Å². The Morgan fingerprint density at radius 1 is 1.20 bits per heavy atom. The number of amides is 1. The summed E-state index contributed by atoms with van der Waals surface area (Å²) < 4.78 is 53.2. The zero-order valence-electron chi connectivity index (χ0n) is 19.6. The smallest absolute Gasteiger partial charge is 0.344 e. The van der Waals surface area contributed by atoms with Crippen molar-refractivity contribution in [2.24, 2.45) is 0 Å². The van der Waals surface area contributed by atoms with Gasteiger partial charge in [0.15, 0.2) is 5.82 Å². The molecule has 0 bridgehead atoms. The standard InChI is InChI=1S/C22H29ClF2N6O3S/c1-16-14-30(21(32)31-8-5-20(26-31)27-35(2,33)34)12-11-29(16)15-17-3-4-18(23)19(13-17)28-9-6-22(24,25)7-10-28/h3-5,8,13,16H,6-7,9-12,14-15H2,1-2H3,(H,26,27)/t16-/m0/s1. The number of hydrogen-bond donors (Lipinski definition) is 1. The molecule has 2 saturated heterocycles. The van der Waals surface area contributed by atoms with Crippen LogP contribution in [0.15, 0.2) is 30.5 Å². The van der Waals surface area contributed by atoms with Crippen LogP contribution in [0.5, 0.6) is 0 Å². The number of nitrogens with zero attached hydrogens (tertiary/aromatic N) is 5. The summed E-state index contributed by atoms with van der Waals surface area (Å²) in [6, 6.07) is 6.88. The number of carbonyl (C=O) groups excluding carboxylic acids is 1. The number of alkyl halides is 2. The molecular weight excluding hydrogens is 502 g/mol. The van der Waals surface area contributed by atoms with Gasteiger partial charge in [-0.05, 0) is 24.6 Å². The van der Waals surface area contributed by atoms with E-state index in [2.05, 4.69) is 14.7 Å². The summed E-state index contributed by atoms with van der Waals surface area (Å²) in [6.07, 6.45) is 2.09. The Labute approximate surface area is 208 Å². The van der Waals surface area contributed by atoms with Gasteiger partial charge in [0.25, 0.3) is 5.92 Å². The van der Waals surface area contributed by atoms with E-state index in [0.29, 0.717) is 31.2 Å². The lowest BCUT2D eigenvalue weighted by Gasteiger charge is -2.39. The molecule has 1 amide bonds. The zero-order valence-corrected chi connectivity index (χ0v) is 21.2. The Balaban J connectivity index is 1.37. The van der Waals surface area contributed by atoms with Crippen molar-refractivity contribution in [1.82, 2.24) is 19.6 Å². The van der Waals surface area contributed by atoms with E-state index in [1.54, 1.807) is 4.90 Å². The quantitative estimate of drug-likeness (QED) is 0.638. The first-order valence-corrected chi connectivity index (χ1v) is 13.7. The highest BCUT2D eigenvalue weighted by atomic mass is 35.5. The lowest BCUT2D eigenvalue weighted by molar-refractivity contribution is -0.0220. The SMILES string of the molecule is C[C@H]1CN(C(=O)n2ccc(NS(C)(=O)=O)n2)CCN1Cc1ccc(Cl)c(N2CCC(F)(F)CC2)c1. The first kappa shape index (κ1) is 25.6. The minimum atomic E-state index is -3.48. The molecule has 13 heteroatoms. The number of sulfonamides is 1. The zero-order chi connectivity index (χ0) is 25.4. The van der Waals surface area contributed by atoms with Crippen LogP contribution in [0.2, 0.25) is 5.02 Å². The molecule has 0 radical (unpaired) electrons. The van der Waals surface area contributed by atoms with E-state index in [-0.39, 0.29) is 43.8 Å². The Morgan fingerprint density at radius 3 is 2.57 bits per heavy atom. The fourth-order valence-corrected chi connectivity index (χ4v) is 5.16. The van der Waals surface area contributed by atoms with Gasteiger partial charge in [-0.25, -0.2) is 22.0 Å². The molecule has 192 valence electrons. The predicted octanol–water partition coefficient (Wildman–Crippen LogP) is 3.32. The van der Waals surface area contributed by atoms with E-state index in [0.717, 1.165) is 22.2 Å².